The zero-order valence-corrected chi connectivity index (χ0v) is 5.19. The highest BCUT2D eigenvalue weighted by atomic mass is 19.3. The molecule has 0 unspecified atom stereocenters. The van der Waals surface area contributed by atoms with Crippen molar-refractivity contribution in [3.8, 4) is 0 Å². The van der Waals surface area contributed by atoms with E-state index in [0.717, 1.165) is 0 Å². The van der Waals surface area contributed by atoms with Crippen LogP contribution in [0.15, 0.2) is 0 Å². The predicted octanol–water partition coefficient (Wildman–Crippen LogP) is 1.20. The zero-order chi connectivity index (χ0) is 8.70. The Bertz CT molecular complexity index is 179. The lowest BCUT2D eigenvalue weighted by Crippen LogP contribution is -2.63. The second-order valence-corrected chi connectivity index (χ2v) is 2.25. The van der Waals surface area contributed by atoms with Crippen LogP contribution in [0.2, 0.25) is 0 Å². The van der Waals surface area contributed by atoms with Crippen molar-refractivity contribution in [1.82, 2.24) is 0 Å². The first-order chi connectivity index (χ1) is 4.92. The third-order valence-electron chi connectivity index (χ3n) is 1.55. The van der Waals surface area contributed by atoms with Gasteiger partial charge in [-0.15, -0.1) is 0 Å². The minimum Gasteiger partial charge on any atom is -0.458 e. The van der Waals surface area contributed by atoms with Gasteiger partial charge in [0.2, 0.25) is 0 Å². The third kappa shape index (κ3) is 0.965. The van der Waals surface area contributed by atoms with E-state index in [1.54, 1.807) is 0 Å². The van der Waals surface area contributed by atoms with Crippen LogP contribution in [0.25, 0.3) is 0 Å². The first-order valence-electron chi connectivity index (χ1n) is 2.76. The molecule has 0 aromatic heterocycles. The molecular formula is C5H4F4O2. The van der Waals surface area contributed by atoms with E-state index < -0.39 is 24.4 Å². The van der Waals surface area contributed by atoms with Crippen molar-refractivity contribution in [2.75, 3.05) is 0 Å². The molecule has 0 N–H and O–H groups in total. The van der Waals surface area contributed by atoms with E-state index in [1.165, 1.54) is 0 Å². The molecular weight excluding hydrogens is 168 g/mol. The summed E-state index contributed by atoms with van der Waals surface area (Å²) in [6.07, 6.45) is -3.06. The number of hydrogen-bond acceptors (Lipinski definition) is 2. The molecule has 1 aliphatic carbocycles. The molecule has 0 amide bonds. The summed E-state index contributed by atoms with van der Waals surface area (Å²) in [5.41, 5.74) is 0. The van der Waals surface area contributed by atoms with E-state index in [2.05, 4.69) is 4.74 Å². The predicted molar refractivity (Wildman–Crippen MR) is 25.4 cm³/mol. The van der Waals surface area contributed by atoms with Crippen LogP contribution in [0.3, 0.4) is 0 Å². The molecule has 1 aliphatic rings. The molecule has 0 saturated heterocycles. The van der Waals surface area contributed by atoms with Gasteiger partial charge in [0.25, 0.3) is 6.47 Å². The quantitative estimate of drug-likeness (QED) is 0.462. The molecule has 64 valence electrons. The Morgan fingerprint density at radius 2 is 1.91 bits per heavy atom. The molecule has 1 saturated carbocycles. The Hall–Kier alpha value is -0.810. The lowest BCUT2D eigenvalue weighted by atomic mass is 9.86. The Morgan fingerprint density at radius 3 is 2.18 bits per heavy atom. The fourth-order valence-electron chi connectivity index (χ4n) is 0.802. The SMILES string of the molecule is O=CO[C@H]1CC(F)(F)C1(F)F. The van der Waals surface area contributed by atoms with Gasteiger partial charge in [0.15, 0.2) is 6.10 Å². The normalized spacial score (nSPS) is 32.2. The monoisotopic (exact) mass is 172 g/mol. The van der Waals surface area contributed by atoms with Crippen molar-refractivity contribution in [2.24, 2.45) is 0 Å². The number of rotatable bonds is 2. The van der Waals surface area contributed by atoms with E-state index in [4.69, 9.17) is 0 Å². The molecule has 11 heavy (non-hydrogen) atoms. The van der Waals surface area contributed by atoms with Gasteiger partial charge in [0, 0.05) is 0 Å². The van der Waals surface area contributed by atoms with Crippen LogP contribution in [-0.4, -0.2) is 24.4 Å². The highest BCUT2D eigenvalue weighted by Crippen LogP contribution is 2.52. The number of carbonyl (C=O) groups is 1. The Balaban J connectivity index is 2.61. The van der Waals surface area contributed by atoms with Crippen molar-refractivity contribution < 1.29 is 27.1 Å². The number of halogens is 4. The minimum atomic E-state index is -4.20. The van der Waals surface area contributed by atoms with E-state index in [9.17, 15) is 22.4 Å². The van der Waals surface area contributed by atoms with Gasteiger partial charge in [-0.05, 0) is 0 Å². The van der Waals surface area contributed by atoms with Crippen molar-refractivity contribution in [1.29, 1.82) is 0 Å². The van der Waals surface area contributed by atoms with Crippen molar-refractivity contribution >= 4 is 6.47 Å². The summed E-state index contributed by atoms with van der Waals surface area (Å²) in [5, 5.41) is 0. The maximum absolute atomic E-state index is 12.1. The lowest BCUT2D eigenvalue weighted by Gasteiger charge is -2.41. The Labute approximate surface area is 59.1 Å². The maximum atomic E-state index is 12.1. The number of alkyl halides is 4. The maximum Gasteiger partial charge on any atom is 0.346 e. The van der Waals surface area contributed by atoms with Crippen LogP contribution in [0, 0.1) is 0 Å². The molecule has 6 heteroatoms. The summed E-state index contributed by atoms with van der Waals surface area (Å²) in [4.78, 5) is 9.51. The van der Waals surface area contributed by atoms with Crippen LogP contribution in [0.4, 0.5) is 17.6 Å². The molecule has 0 heterocycles. The number of ether oxygens (including phenoxy) is 1. The van der Waals surface area contributed by atoms with E-state index >= 15 is 0 Å². The lowest BCUT2D eigenvalue weighted by molar-refractivity contribution is -0.330. The van der Waals surface area contributed by atoms with Crippen LogP contribution >= 0.6 is 0 Å². The molecule has 0 aromatic carbocycles. The summed E-state index contributed by atoms with van der Waals surface area (Å²) in [5.74, 6) is -8.23. The topological polar surface area (TPSA) is 26.3 Å². The molecule has 0 aromatic rings. The highest BCUT2D eigenvalue weighted by Gasteiger charge is 2.73. The minimum absolute atomic E-state index is 0.256. The molecule has 0 aliphatic heterocycles. The van der Waals surface area contributed by atoms with Gasteiger partial charge in [-0.3, -0.25) is 4.79 Å². The third-order valence-corrected chi connectivity index (χ3v) is 1.55. The molecule has 1 atom stereocenters. The van der Waals surface area contributed by atoms with Crippen LogP contribution in [0.1, 0.15) is 6.42 Å². The average Bonchev–Trinajstić information content (AvgIpc) is 1.87. The van der Waals surface area contributed by atoms with Gasteiger partial charge in [-0.2, -0.15) is 17.6 Å². The fraction of sp³-hybridized carbons (Fsp3) is 0.800. The molecule has 1 rings (SSSR count). The van der Waals surface area contributed by atoms with Gasteiger partial charge in [-0.25, -0.2) is 0 Å². The Kier molecular flexibility index (Phi) is 1.57. The van der Waals surface area contributed by atoms with E-state index in [1.807, 2.05) is 0 Å². The second-order valence-electron chi connectivity index (χ2n) is 2.25. The van der Waals surface area contributed by atoms with Crippen LogP contribution < -0.4 is 0 Å². The van der Waals surface area contributed by atoms with Crippen molar-refractivity contribution in [2.45, 2.75) is 24.4 Å². The van der Waals surface area contributed by atoms with Gasteiger partial charge < -0.3 is 4.74 Å². The van der Waals surface area contributed by atoms with E-state index in [0.29, 0.717) is 0 Å². The van der Waals surface area contributed by atoms with E-state index in [-0.39, 0.29) is 6.47 Å². The van der Waals surface area contributed by atoms with Gasteiger partial charge in [0.1, 0.15) is 0 Å². The standard InChI is InChI=1S/C5H4F4O2/c6-4(7)1-3(11-2-10)5(4,8)9/h2-3H,1H2/t3-/m0/s1. The van der Waals surface area contributed by atoms with Crippen LogP contribution in [0.5, 0.6) is 0 Å². The summed E-state index contributed by atoms with van der Waals surface area (Å²) < 4.78 is 51.9. The molecule has 1 fully saturated rings. The first kappa shape index (κ1) is 8.29. The summed E-state index contributed by atoms with van der Waals surface area (Å²) in [6, 6.07) is 0. The van der Waals surface area contributed by atoms with Crippen LogP contribution in [-0.2, 0) is 9.53 Å². The van der Waals surface area contributed by atoms with Gasteiger partial charge >= 0.3 is 11.8 Å². The second kappa shape index (κ2) is 2.09. The van der Waals surface area contributed by atoms with Crippen molar-refractivity contribution in [3.05, 3.63) is 0 Å². The number of hydrogen-bond donors (Lipinski definition) is 0. The zero-order valence-electron chi connectivity index (χ0n) is 5.19. The highest BCUT2D eigenvalue weighted by molar-refractivity contribution is 5.38. The number of carbonyl (C=O) groups excluding carboxylic acids is 1. The molecule has 0 spiro atoms. The molecule has 2 nitrogen and oxygen atoms in total. The molecule has 0 bridgehead atoms. The van der Waals surface area contributed by atoms with Gasteiger partial charge in [0.05, 0.1) is 6.42 Å². The van der Waals surface area contributed by atoms with Crippen molar-refractivity contribution in [3.63, 3.8) is 0 Å². The van der Waals surface area contributed by atoms with Gasteiger partial charge in [-0.1, -0.05) is 0 Å². The molecule has 0 radical (unpaired) electrons. The average molecular weight is 172 g/mol. The fourth-order valence-corrected chi connectivity index (χ4v) is 0.802. The largest absolute Gasteiger partial charge is 0.458 e. The smallest absolute Gasteiger partial charge is 0.346 e. The Morgan fingerprint density at radius 1 is 1.36 bits per heavy atom. The summed E-state index contributed by atoms with van der Waals surface area (Å²) in [6.45, 7) is -0.256. The summed E-state index contributed by atoms with van der Waals surface area (Å²) >= 11 is 0. The first-order valence-corrected chi connectivity index (χ1v) is 2.76. The summed E-state index contributed by atoms with van der Waals surface area (Å²) in [7, 11) is 0.